The molecule has 0 radical (unpaired) electrons. The number of para-hydroxylation sites is 1. The predicted octanol–water partition coefficient (Wildman–Crippen LogP) is 10.0. The summed E-state index contributed by atoms with van der Waals surface area (Å²) in [6.07, 6.45) is 1.83. The summed E-state index contributed by atoms with van der Waals surface area (Å²) in [6, 6.07) is 48.8. The van der Waals surface area contributed by atoms with E-state index in [-0.39, 0.29) is 0 Å². The van der Waals surface area contributed by atoms with Crippen molar-refractivity contribution >= 4 is 33.0 Å². The molecule has 0 aliphatic carbocycles. The highest BCUT2D eigenvalue weighted by molar-refractivity contribution is 6.06. The fraction of sp³-hybridized carbons (Fsp3) is 0. The minimum absolute atomic E-state index is 0.599. The Kier molecular flexibility index (Phi) is 6.35. The molecular formula is C41H25N5O. The van der Waals surface area contributed by atoms with Crippen LogP contribution in [0.4, 0.5) is 0 Å². The zero-order chi connectivity index (χ0) is 31.2. The number of rotatable bonds is 5. The molecule has 0 fully saturated rings. The summed E-state index contributed by atoms with van der Waals surface area (Å²) in [6.45, 7) is 0. The van der Waals surface area contributed by atoms with Crippen molar-refractivity contribution in [1.82, 2.24) is 24.9 Å². The van der Waals surface area contributed by atoms with Crippen LogP contribution < -0.4 is 0 Å². The zero-order valence-electron chi connectivity index (χ0n) is 25.1. The third kappa shape index (κ3) is 4.80. The first-order chi connectivity index (χ1) is 23.3. The predicted molar refractivity (Wildman–Crippen MR) is 187 cm³/mol. The second-order valence-electron chi connectivity index (χ2n) is 11.3. The van der Waals surface area contributed by atoms with E-state index in [4.69, 9.17) is 29.3 Å². The minimum atomic E-state index is 0.599. The lowest BCUT2D eigenvalue weighted by Gasteiger charge is -2.14. The van der Waals surface area contributed by atoms with Gasteiger partial charge in [-0.15, -0.1) is 0 Å². The van der Waals surface area contributed by atoms with E-state index in [2.05, 4.69) is 48.5 Å². The molecule has 0 saturated heterocycles. The Bertz CT molecular complexity index is 2520. The van der Waals surface area contributed by atoms with E-state index >= 15 is 0 Å². The van der Waals surface area contributed by atoms with Gasteiger partial charge in [-0.05, 0) is 41.5 Å². The van der Waals surface area contributed by atoms with Crippen molar-refractivity contribution < 1.29 is 4.42 Å². The lowest BCUT2D eigenvalue weighted by atomic mass is 9.93. The second kappa shape index (κ2) is 11.1. The first-order valence-corrected chi connectivity index (χ1v) is 15.4. The second-order valence-corrected chi connectivity index (χ2v) is 11.3. The van der Waals surface area contributed by atoms with Crippen LogP contribution in [0.1, 0.15) is 0 Å². The van der Waals surface area contributed by atoms with Crippen LogP contribution >= 0.6 is 0 Å². The molecular weight excluding hydrogens is 578 g/mol. The van der Waals surface area contributed by atoms with Crippen LogP contribution in [0.5, 0.6) is 0 Å². The molecule has 6 heteroatoms. The van der Waals surface area contributed by atoms with Gasteiger partial charge in [-0.1, -0.05) is 115 Å². The summed E-state index contributed by atoms with van der Waals surface area (Å²) in [5.41, 5.74) is 8.76. The van der Waals surface area contributed by atoms with E-state index in [0.29, 0.717) is 23.2 Å². The van der Waals surface area contributed by atoms with Crippen LogP contribution in [-0.2, 0) is 0 Å². The monoisotopic (exact) mass is 603 g/mol. The first kappa shape index (κ1) is 26.8. The normalized spacial score (nSPS) is 11.4. The summed E-state index contributed by atoms with van der Waals surface area (Å²) < 4.78 is 6.19. The average Bonchev–Trinajstić information content (AvgIpc) is 3.53. The molecule has 9 rings (SSSR count). The molecule has 0 bridgehead atoms. The smallest absolute Gasteiger partial charge is 0.227 e. The molecule has 0 aliphatic rings. The Morgan fingerprint density at radius 3 is 1.87 bits per heavy atom. The Labute approximate surface area is 270 Å². The number of hydrogen-bond donors (Lipinski definition) is 0. The van der Waals surface area contributed by atoms with Gasteiger partial charge in [0, 0.05) is 44.6 Å². The highest BCUT2D eigenvalue weighted by Crippen LogP contribution is 2.39. The van der Waals surface area contributed by atoms with Crippen molar-refractivity contribution in [2.24, 2.45) is 0 Å². The first-order valence-electron chi connectivity index (χ1n) is 15.4. The van der Waals surface area contributed by atoms with Gasteiger partial charge < -0.3 is 4.42 Å². The molecule has 9 aromatic rings. The van der Waals surface area contributed by atoms with E-state index in [9.17, 15) is 0 Å². The molecule has 0 amide bonds. The van der Waals surface area contributed by atoms with Crippen molar-refractivity contribution in [3.8, 4) is 56.5 Å². The molecule has 0 N–H and O–H groups in total. The Morgan fingerprint density at radius 2 is 1.11 bits per heavy atom. The molecule has 47 heavy (non-hydrogen) atoms. The largest absolute Gasteiger partial charge is 0.438 e. The van der Waals surface area contributed by atoms with E-state index in [0.717, 1.165) is 66.3 Å². The molecule has 0 spiro atoms. The van der Waals surface area contributed by atoms with Crippen LogP contribution in [0.15, 0.2) is 156 Å². The third-order valence-corrected chi connectivity index (χ3v) is 8.41. The van der Waals surface area contributed by atoms with Crippen LogP contribution in [-0.4, -0.2) is 24.9 Å². The van der Waals surface area contributed by atoms with Crippen molar-refractivity contribution in [2.75, 3.05) is 0 Å². The Balaban J connectivity index is 1.23. The summed E-state index contributed by atoms with van der Waals surface area (Å²) in [4.78, 5) is 24.7. The summed E-state index contributed by atoms with van der Waals surface area (Å²) in [7, 11) is 0. The van der Waals surface area contributed by atoms with Crippen molar-refractivity contribution in [1.29, 1.82) is 0 Å². The highest BCUT2D eigenvalue weighted by Gasteiger charge is 2.18. The van der Waals surface area contributed by atoms with Crippen LogP contribution in [0.2, 0.25) is 0 Å². The molecule has 0 saturated carbocycles. The average molecular weight is 604 g/mol. The molecule has 0 aliphatic heterocycles. The molecule has 5 aromatic carbocycles. The van der Waals surface area contributed by atoms with Crippen molar-refractivity contribution in [3.05, 3.63) is 152 Å². The van der Waals surface area contributed by atoms with Crippen molar-refractivity contribution in [2.45, 2.75) is 0 Å². The van der Waals surface area contributed by atoms with Gasteiger partial charge in [-0.2, -0.15) is 0 Å². The zero-order valence-corrected chi connectivity index (χ0v) is 25.1. The number of nitrogens with zero attached hydrogens (tertiary/aromatic N) is 5. The number of furan rings is 1. The summed E-state index contributed by atoms with van der Waals surface area (Å²) in [5.74, 6) is 1.85. The van der Waals surface area contributed by atoms with Gasteiger partial charge in [0.05, 0.1) is 11.2 Å². The Hall–Kier alpha value is -6.53. The van der Waals surface area contributed by atoms with Gasteiger partial charge in [0.15, 0.2) is 17.5 Å². The maximum Gasteiger partial charge on any atom is 0.227 e. The number of benzene rings is 5. The van der Waals surface area contributed by atoms with Crippen LogP contribution in [0.25, 0.3) is 89.5 Å². The number of aromatic nitrogens is 5. The number of hydrogen-bond acceptors (Lipinski definition) is 6. The summed E-state index contributed by atoms with van der Waals surface area (Å²) >= 11 is 0. The van der Waals surface area contributed by atoms with Gasteiger partial charge in [-0.3, -0.25) is 4.98 Å². The molecule has 4 aromatic heterocycles. The van der Waals surface area contributed by atoms with Crippen molar-refractivity contribution in [3.63, 3.8) is 0 Å². The lowest BCUT2D eigenvalue weighted by molar-refractivity contribution is 0.654. The third-order valence-electron chi connectivity index (χ3n) is 8.41. The SMILES string of the molecule is c1ccc(-c2nc(-c3ccccc3)nc(-c3cccc(-c4ccc5cccnc5c4-c4ccc5c(n4)oc4ccccc45)c3)n2)cc1. The quantitative estimate of drug-likeness (QED) is 0.195. The maximum absolute atomic E-state index is 6.19. The topological polar surface area (TPSA) is 77.6 Å². The Morgan fingerprint density at radius 1 is 0.447 bits per heavy atom. The van der Waals surface area contributed by atoms with Gasteiger partial charge in [0.25, 0.3) is 0 Å². The van der Waals surface area contributed by atoms with Gasteiger partial charge in [-0.25, -0.2) is 19.9 Å². The summed E-state index contributed by atoms with van der Waals surface area (Å²) in [5, 5.41) is 3.07. The lowest BCUT2D eigenvalue weighted by Crippen LogP contribution is -2.00. The number of fused-ring (bicyclic) bond motifs is 4. The van der Waals surface area contributed by atoms with Gasteiger partial charge >= 0.3 is 0 Å². The molecule has 6 nitrogen and oxygen atoms in total. The van der Waals surface area contributed by atoms with E-state index in [1.165, 1.54) is 0 Å². The van der Waals surface area contributed by atoms with E-state index in [1.807, 2.05) is 103 Å². The highest BCUT2D eigenvalue weighted by atomic mass is 16.3. The minimum Gasteiger partial charge on any atom is -0.438 e. The van der Waals surface area contributed by atoms with E-state index in [1.54, 1.807) is 0 Å². The fourth-order valence-electron chi connectivity index (χ4n) is 6.15. The molecule has 0 atom stereocenters. The standard InChI is InChI=1S/C41H25N5O/c1-3-11-27(12-4-1)38-44-39(28-13-5-2-6-14-28)46-40(45-38)30-16-9-15-29(25-30)31-21-20-26-17-10-24-42-37(26)36(31)34-23-22-33-32-18-7-8-19-35(32)47-41(33)43-34/h1-25H. The molecule has 0 unspecified atom stereocenters. The van der Waals surface area contributed by atoms with E-state index < -0.39 is 0 Å². The maximum atomic E-state index is 6.19. The molecule has 220 valence electrons. The van der Waals surface area contributed by atoms with Crippen LogP contribution in [0.3, 0.4) is 0 Å². The molecule has 4 heterocycles. The fourth-order valence-corrected chi connectivity index (χ4v) is 6.15. The van der Waals surface area contributed by atoms with Gasteiger partial charge in [0.2, 0.25) is 5.71 Å². The van der Waals surface area contributed by atoms with Gasteiger partial charge in [0.1, 0.15) is 5.58 Å². The number of pyridine rings is 2. The van der Waals surface area contributed by atoms with Crippen LogP contribution in [0, 0.1) is 0 Å².